The fraction of sp³-hybridized carbons (Fsp3) is 0.529. The van der Waals surface area contributed by atoms with Crippen molar-refractivity contribution < 1.29 is 9.53 Å². The van der Waals surface area contributed by atoms with E-state index in [4.69, 9.17) is 16.2 Å². The molecule has 4 N–H and O–H groups in total. The van der Waals surface area contributed by atoms with Gasteiger partial charge in [-0.1, -0.05) is 13.8 Å². The molecule has 1 amide bonds. The molecule has 1 aliphatic carbocycles. The topological polar surface area (TPSA) is 122 Å². The molecule has 2 aromatic heterocycles. The third-order valence-corrected chi connectivity index (χ3v) is 4.99. The van der Waals surface area contributed by atoms with Gasteiger partial charge in [-0.3, -0.25) is 4.79 Å². The van der Waals surface area contributed by atoms with Crippen LogP contribution in [0.3, 0.4) is 0 Å². The van der Waals surface area contributed by atoms with Crippen LogP contribution in [0.2, 0.25) is 0 Å². The summed E-state index contributed by atoms with van der Waals surface area (Å²) in [4.78, 5) is 20.7. The summed E-state index contributed by atoms with van der Waals surface area (Å²) in [6, 6.07) is 0. The first-order valence-electron chi connectivity index (χ1n) is 8.54. The van der Waals surface area contributed by atoms with Crippen LogP contribution >= 0.6 is 0 Å². The summed E-state index contributed by atoms with van der Waals surface area (Å²) in [7, 11) is 0. The number of nitrogen functional groups attached to an aromatic ring is 1. The maximum absolute atomic E-state index is 12.1. The third kappa shape index (κ3) is 2.48. The SMILES string of the molecule is CC1(C)Cc2cnc(N)nc2-c2c1c(C(N)=O)nn2C1CCCCO1. The Morgan fingerprint density at radius 1 is 1.40 bits per heavy atom. The highest BCUT2D eigenvalue weighted by Crippen LogP contribution is 2.45. The lowest BCUT2D eigenvalue weighted by Gasteiger charge is -2.33. The zero-order valence-corrected chi connectivity index (χ0v) is 14.5. The zero-order valence-electron chi connectivity index (χ0n) is 14.5. The summed E-state index contributed by atoms with van der Waals surface area (Å²) < 4.78 is 7.69. The molecule has 2 aliphatic rings. The largest absolute Gasteiger partial charge is 0.368 e. The second-order valence-corrected chi connectivity index (χ2v) is 7.36. The number of nitrogens with zero attached hydrogens (tertiary/aromatic N) is 4. The highest BCUT2D eigenvalue weighted by molar-refractivity contribution is 5.95. The minimum Gasteiger partial charge on any atom is -0.368 e. The summed E-state index contributed by atoms with van der Waals surface area (Å²) in [5, 5.41) is 4.56. The quantitative estimate of drug-likeness (QED) is 0.854. The van der Waals surface area contributed by atoms with Gasteiger partial charge < -0.3 is 16.2 Å². The lowest BCUT2D eigenvalue weighted by molar-refractivity contribution is -0.0386. The Labute approximate surface area is 145 Å². The van der Waals surface area contributed by atoms with E-state index in [1.54, 1.807) is 10.9 Å². The Kier molecular flexibility index (Phi) is 3.54. The molecule has 1 saturated heterocycles. The average molecular weight is 342 g/mol. The number of rotatable bonds is 2. The number of aromatic nitrogens is 4. The van der Waals surface area contributed by atoms with E-state index in [-0.39, 0.29) is 23.3 Å². The van der Waals surface area contributed by atoms with Crippen molar-refractivity contribution in [3.8, 4) is 11.4 Å². The molecular weight excluding hydrogens is 320 g/mol. The van der Waals surface area contributed by atoms with E-state index in [9.17, 15) is 4.79 Å². The van der Waals surface area contributed by atoms with Crippen molar-refractivity contribution in [1.82, 2.24) is 19.7 Å². The highest BCUT2D eigenvalue weighted by Gasteiger charge is 2.41. The van der Waals surface area contributed by atoms with Gasteiger partial charge in [-0.25, -0.2) is 14.6 Å². The molecule has 8 heteroatoms. The van der Waals surface area contributed by atoms with Crippen LogP contribution in [0.5, 0.6) is 0 Å². The van der Waals surface area contributed by atoms with Crippen molar-refractivity contribution in [3.63, 3.8) is 0 Å². The van der Waals surface area contributed by atoms with Crippen molar-refractivity contribution in [2.45, 2.75) is 51.2 Å². The first-order valence-corrected chi connectivity index (χ1v) is 8.54. The predicted octanol–water partition coefficient (Wildman–Crippen LogP) is 1.55. The molecule has 1 aliphatic heterocycles. The molecule has 0 saturated carbocycles. The lowest BCUT2D eigenvalue weighted by Crippen LogP contribution is -2.30. The van der Waals surface area contributed by atoms with Gasteiger partial charge in [0.1, 0.15) is 0 Å². The number of primary amides is 1. The highest BCUT2D eigenvalue weighted by atomic mass is 16.5. The second-order valence-electron chi connectivity index (χ2n) is 7.36. The fourth-order valence-electron chi connectivity index (χ4n) is 3.92. The smallest absolute Gasteiger partial charge is 0.269 e. The standard InChI is InChI=1S/C17H22N6O2/c1-17(2)7-9-8-20-16(19)21-12(9)14-11(17)13(15(18)24)22-23(14)10-5-3-4-6-25-10/h8,10H,3-7H2,1-2H3,(H2,18,24)(H2,19,20,21). The summed E-state index contributed by atoms with van der Waals surface area (Å²) >= 11 is 0. The van der Waals surface area contributed by atoms with Gasteiger partial charge in [-0.2, -0.15) is 5.10 Å². The van der Waals surface area contributed by atoms with Crippen LogP contribution in [0.1, 0.15) is 61.0 Å². The van der Waals surface area contributed by atoms with Gasteiger partial charge >= 0.3 is 0 Å². The summed E-state index contributed by atoms with van der Waals surface area (Å²) in [5.74, 6) is -0.341. The minimum atomic E-state index is -0.538. The Morgan fingerprint density at radius 3 is 2.88 bits per heavy atom. The van der Waals surface area contributed by atoms with Gasteiger partial charge in [0.2, 0.25) is 5.95 Å². The number of amides is 1. The monoisotopic (exact) mass is 342 g/mol. The van der Waals surface area contributed by atoms with E-state index in [0.717, 1.165) is 41.8 Å². The van der Waals surface area contributed by atoms with Crippen molar-refractivity contribution in [1.29, 1.82) is 0 Å². The van der Waals surface area contributed by atoms with Gasteiger partial charge in [0.15, 0.2) is 11.9 Å². The Hall–Kier alpha value is -2.48. The lowest BCUT2D eigenvalue weighted by atomic mass is 9.73. The molecule has 3 heterocycles. The Bertz CT molecular complexity index is 851. The number of carbonyl (C=O) groups is 1. The summed E-state index contributed by atoms with van der Waals surface area (Å²) in [6.45, 7) is 4.82. The molecular formula is C17H22N6O2. The molecule has 1 unspecified atom stereocenters. The number of carbonyl (C=O) groups excluding carboxylic acids is 1. The van der Waals surface area contributed by atoms with Crippen LogP contribution < -0.4 is 11.5 Å². The first-order chi connectivity index (χ1) is 11.9. The van der Waals surface area contributed by atoms with Crippen LogP contribution in [-0.2, 0) is 16.6 Å². The maximum Gasteiger partial charge on any atom is 0.269 e. The van der Waals surface area contributed by atoms with Crippen LogP contribution in [0.4, 0.5) is 5.95 Å². The molecule has 8 nitrogen and oxygen atoms in total. The molecule has 0 radical (unpaired) electrons. The number of hydrogen-bond acceptors (Lipinski definition) is 6. The second kappa shape index (κ2) is 5.52. The van der Waals surface area contributed by atoms with Crippen LogP contribution in [0.25, 0.3) is 11.4 Å². The molecule has 0 bridgehead atoms. The van der Waals surface area contributed by atoms with E-state index in [0.29, 0.717) is 13.0 Å². The van der Waals surface area contributed by atoms with Crippen molar-refractivity contribution >= 4 is 11.9 Å². The van der Waals surface area contributed by atoms with Crippen molar-refractivity contribution in [2.75, 3.05) is 12.3 Å². The molecule has 4 rings (SSSR count). The predicted molar refractivity (Wildman–Crippen MR) is 91.8 cm³/mol. The normalized spacial score (nSPS) is 21.4. The molecule has 25 heavy (non-hydrogen) atoms. The zero-order chi connectivity index (χ0) is 17.8. The van der Waals surface area contributed by atoms with Crippen LogP contribution in [-0.4, -0.2) is 32.3 Å². The van der Waals surface area contributed by atoms with Gasteiger partial charge in [-0.15, -0.1) is 0 Å². The summed E-state index contributed by atoms with van der Waals surface area (Å²) in [6.07, 6.45) is 5.13. The Morgan fingerprint density at radius 2 is 2.20 bits per heavy atom. The van der Waals surface area contributed by atoms with Gasteiger partial charge in [0.25, 0.3) is 5.91 Å². The number of nitrogens with two attached hydrogens (primary N) is 2. The molecule has 132 valence electrons. The molecule has 1 atom stereocenters. The van der Waals surface area contributed by atoms with E-state index in [2.05, 4.69) is 28.9 Å². The number of ether oxygens (including phenoxy) is 1. The van der Waals surface area contributed by atoms with Gasteiger partial charge in [0, 0.05) is 18.4 Å². The van der Waals surface area contributed by atoms with E-state index in [1.165, 1.54) is 0 Å². The molecule has 1 fully saturated rings. The number of anilines is 1. The maximum atomic E-state index is 12.1. The Balaban J connectivity index is 2.01. The third-order valence-electron chi connectivity index (χ3n) is 4.99. The first kappa shape index (κ1) is 16.0. The molecule has 0 aromatic carbocycles. The van der Waals surface area contributed by atoms with Crippen molar-refractivity contribution in [3.05, 3.63) is 23.0 Å². The van der Waals surface area contributed by atoms with Crippen LogP contribution in [0.15, 0.2) is 6.20 Å². The van der Waals surface area contributed by atoms with Gasteiger partial charge in [-0.05, 0) is 36.7 Å². The number of hydrogen-bond donors (Lipinski definition) is 2. The molecule has 0 spiro atoms. The van der Waals surface area contributed by atoms with Crippen molar-refractivity contribution in [2.24, 2.45) is 5.73 Å². The molecule has 2 aromatic rings. The fourth-order valence-corrected chi connectivity index (χ4v) is 3.92. The van der Waals surface area contributed by atoms with E-state index in [1.807, 2.05) is 0 Å². The summed E-state index contributed by atoms with van der Waals surface area (Å²) in [5.41, 5.74) is 14.7. The minimum absolute atomic E-state index is 0.197. The number of fused-ring (bicyclic) bond motifs is 3. The van der Waals surface area contributed by atoms with E-state index < -0.39 is 5.91 Å². The van der Waals surface area contributed by atoms with E-state index >= 15 is 0 Å². The van der Waals surface area contributed by atoms with Gasteiger partial charge in [0.05, 0.1) is 11.4 Å². The average Bonchev–Trinajstić information content (AvgIpc) is 2.99. The van der Waals surface area contributed by atoms with Crippen LogP contribution in [0, 0.1) is 0 Å².